The predicted molar refractivity (Wildman–Crippen MR) is 221 cm³/mol. The van der Waals surface area contributed by atoms with Crippen LogP contribution in [0.25, 0.3) is 32.7 Å². The molecule has 4 aromatic carbocycles. The minimum absolute atomic E-state index is 0. The fraction of sp³-hybridized carbons (Fsp3) is 0.422. The van der Waals surface area contributed by atoms with Crippen molar-refractivity contribution in [2.45, 2.75) is 124 Å². The summed E-state index contributed by atoms with van der Waals surface area (Å²) in [6, 6.07) is 26.3. The summed E-state index contributed by atoms with van der Waals surface area (Å²) in [7, 11) is 0. The van der Waals surface area contributed by atoms with Gasteiger partial charge >= 0.3 is 0 Å². The fourth-order valence-electron chi connectivity index (χ4n) is 7.71. The van der Waals surface area contributed by atoms with Crippen molar-refractivity contribution in [1.82, 2.24) is 9.97 Å². The first-order valence-electron chi connectivity index (χ1n) is 18.3. The third-order valence-electron chi connectivity index (χ3n) is 10.4. The monoisotopic (exact) mass is 723 g/mol. The van der Waals surface area contributed by atoms with Gasteiger partial charge in [0, 0.05) is 56.8 Å². The van der Waals surface area contributed by atoms with Crippen LogP contribution in [0.2, 0.25) is 0 Å². The number of benzene rings is 4. The molecule has 3 aliphatic carbocycles. The number of para-hydroxylation sites is 1. The summed E-state index contributed by atoms with van der Waals surface area (Å²) in [5.74, 6) is 0.894. The number of aromatic nitrogens is 2. The number of fused-ring (bicyclic) bond motifs is 7. The van der Waals surface area contributed by atoms with Gasteiger partial charge in [0.1, 0.15) is 17.2 Å². The number of aromatic hydroxyl groups is 3. The number of aliphatic hydroxyl groups excluding tert-OH is 1. The van der Waals surface area contributed by atoms with Crippen LogP contribution < -0.4 is 5.32 Å². The molecule has 286 valence electrons. The molecule has 10 rings (SSSR count). The van der Waals surface area contributed by atoms with E-state index in [9.17, 15) is 20.4 Å². The lowest BCUT2D eigenvalue weighted by atomic mass is 9.92. The number of hydrogen-bond donors (Lipinski definition) is 7. The van der Waals surface area contributed by atoms with E-state index in [2.05, 4.69) is 21.4 Å². The molecule has 1 aliphatic heterocycles. The number of anilines is 1. The third-order valence-corrected chi connectivity index (χ3v) is 10.4. The summed E-state index contributed by atoms with van der Waals surface area (Å²) in [5.41, 5.74) is 6.88. The Morgan fingerprint density at radius 3 is 1.85 bits per heavy atom. The summed E-state index contributed by atoms with van der Waals surface area (Å²) in [6.45, 7) is 0. The van der Waals surface area contributed by atoms with Crippen LogP contribution in [0.1, 0.15) is 97.7 Å². The van der Waals surface area contributed by atoms with Gasteiger partial charge in [-0.05, 0) is 99.4 Å². The van der Waals surface area contributed by atoms with Gasteiger partial charge < -0.3 is 40.4 Å². The summed E-state index contributed by atoms with van der Waals surface area (Å²) in [6.07, 6.45) is 15.7. The van der Waals surface area contributed by atoms with Crippen molar-refractivity contribution in [3.8, 4) is 17.2 Å². The Kier molecular flexibility index (Phi) is 14.7. The molecular weight excluding hydrogens is 663 g/mol. The van der Waals surface area contributed by atoms with E-state index in [0.717, 1.165) is 59.7 Å². The second kappa shape index (κ2) is 18.9. The van der Waals surface area contributed by atoms with Crippen LogP contribution >= 0.6 is 0 Å². The molecule has 3 unspecified atom stereocenters. The maximum atomic E-state index is 9.77. The first-order chi connectivity index (χ1) is 24.4. The molecule has 8 heteroatoms. The van der Waals surface area contributed by atoms with E-state index in [4.69, 9.17) is 4.74 Å². The van der Waals surface area contributed by atoms with Crippen LogP contribution in [-0.2, 0) is 17.6 Å². The average molecular weight is 724 g/mol. The van der Waals surface area contributed by atoms with Crippen LogP contribution in [0, 0.1) is 0 Å². The SMILES string of the molecule is C.C.C.C1CCC2OC2C1.Oc1ccc2c(c1)[nH]c1ccccc12.Oc1ccc2c3c([nH]c2c1)CCCC3.Oc1cccc(NC2CCCC[C@H]2O)c1. The smallest absolute Gasteiger partial charge is 0.117 e. The number of epoxide rings is 1. The largest absolute Gasteiger partial charge is 0.508 e. The van der Waals surface area contributed by atoms with Gasteiger partial charge in [-0.2, -0.15) is 0 Å². The van der Waals surface area contributed by atoms with Crippen molar-refractivity contribution in [2.75, 3.05) is 5.32 Å². The van der Waals surface area contributed by atoms with E-state index < -0.39 is 0 Å². The number of aromatic amines is 2. The quantitative estimate of drug-likeness (QED) is 0.0888. The van der Waals surface area contributed by atoms with E-state index in [1.807, 2.05) is 42.5 Å². The Hall–Kier alpha value is -4.66. The van der Waals surface area contributed by atoms with Crippen molar-refractivity contribution in [3.05, 3.63) is 96.2 Å². The van der Waals surface area contributed by atoms with Gasteiger partial charge in [-0.1, -0.05) is 72.2 Å². The lowest BCUT2D eigenvalue weighted by Gasteiger charge is -2.29. The molecule has 1 saturated heterocycles. The zero-order valence-electron chi connectivity index (χ0n) is 28.6. The van der Waals surface area contributed by atoms with Crippen molar-refractivity contribution in [2.24, 2.45) is 0 Å². The van der Waals surface area contributed by atoms with Crippen molar-refractivity contribution >= 4 is 38.4 Å². The Morgan fingerprint density at radius 2 is 1.15 bits per heavy atom. The molecule has 4 atom stereocenters. The first-order valence-corrected chi connectivity index (χ1v) is 18.3. The summed E-state index contributed by atoms with van der Waals surface area (Å²) >= 11 is 0. The van der Waals surface area contributed by atoms with Crippen LogP contribution in [0.15, 0.2) is 84.9 Å². The van der Waals surface area contributed by atoms with Gasteiger partial charge in [-0.15, -0.1) is 0 Å². The number of phenolic OH excluding ortho intramolecular Hbond substituents is 3. The molecule has 6 aromatic rings. The molecular formula is C45H61N3O5. The molecule has 7 N–H and O–H groups in total. The lowest BCUT2D eigenvalue weighted by Crippen LogP contribution is -2.36. The minimum atomic E-state index is -0.263. The van der Waals surface area contributed by atoms with E-state index in [-0.39, 0.29) is 40.2 Å². The average Bonchev–Trinajstić information content (AvgIpc) is 3.70. The number of ether oxygens (including phenoxy) is 1. The van der Waals surface area contributed by atoms with E-state index in [0.29, 0.717) is 23.7 Å². The Balaban J connectivity index is 0.000000159. The number of nitrogens with one attached hydrogen (secondary N) is 3. The Morgan fingerprint density at radius 1 is 0.547 bits per heavy atom. The highest BCUT2D eigenvalue weighted by atomic mass is 16.6. The molecule has 2 aromatic heterocycles. The van der Waals surface area contributed by atoms with Gasteiger partial charge in [-0.25, -0.2) is 0 Å². The molecule has 3 fully saturated rings. The van der Waals surface area contributed by atoms with Gasteiger partial charge in [0.05, 0.1) is 29.9 Å². The molecule has 0 amide bonds. The third kappa shape index (κ3) is 10.3. The highest BCUT2D eigenvalue weighted by molar-refractivity contribution is 6.07. The second-order valence-electron chi connectivity index (χ2n) is 14.1. The van der Waals surface area contributed by atoms with E-state index in [1.165, 1.54) is 67.0 Å². The number of aryl methyl sites for hydroxylation is 2. The van der Waals surface area contributed by atoms with Gasteiger partial charge in [-0.3, -0.25) is 0 Å². The van der Waals surface area contributed by atoms with E-state index in [1.54, 1.807) is 36.4 Å². The summed E-state index contributed by atoms with van der Waals surface area (Å²) in [4.78, 5) is 6.66. The zero-order valence-corrected chi connectivity index (χ0v) is 28.6. The Labute approximate surface area is 315 Å². The lowest BCUT2D eigenvalue weighted by molar-refractivity contribution is 0.116. The number of hydrogen-bond acceptors (Lipinski definition) is 6. The highest BCUT2D eigenvalue weighted by Crippen LogP contribution is 2.36. The number of aliphatic hydroxyl groups is 1. The van der Waals surface area contributed by atoms with Crippen LogP contribution in [0.4, 0.5) is 5.69 Å². The minimum Gasteiger partial charge on any atom is -0.508 e. The van der Waals surface area contributed by atoms with Crippen LogP contribution in [0.5, 0.6) is 17.2 Å². The highest BCUT2D eigenvalue weighted by Gasteiger charge is 2.39. The predicted octanol–water partition coefficient (Wildman–Crippen LogP) is 11.1. The summed E-state index contributed by atoms with van der Waals surface area (Å²) in [5, 5.41) is 44.7. The fourth-order valence-corrected chi connectivity index (χ4v) is 7.71. The molecule has 0 bridgehead atoms. The standard InChI is InChI=1S/C12H17NO2.C12H13NO.C12H9NO.C6H10O.3CH4/c14-10-5-3-4-9(8-10)13-11-6-1-2-7-12(11)15;2*14-8-5-6-10-9-3-1-2-4-11(9)13-12(10)7-8;1-2-4-6-5(3-1)7-6;;;/h3-5,8,11-15H,1-2,6-7H2;5-7,13-14H,1-4H2;1-7,13-14H;5-6H,1-4H2;3*1H4/t11?,12-;;;;;;/m1....../s1. The van der Waals surface area contributed by atoms with E-state index >= 15 is 0 Å². The van der Waals surface area contributed by atoms with Gasteiger partial charge in [0.2, 0.25) is 0 Å². The second-order valence-corrected chi connectivity index (χ2v) is 14.1. The van der Waals surface area contributed by atoms with Gasteiger partial charge in [0.25, 0.3) is 0 Å². The maximum absolute atomic E-state index is 9.77. The molecule has 3 heterocycles. The van der Waals surface area contributed by atoms with Crippen molar-refractivity contribution < 1.29 is 25.2 Å². The summed E-state index contributed by atoms with van der Waals surface area (Å²) < 4.78 is 5.28. The molecule has 2 saturated carbocycles. The molecule has 0 radical (unpaired) electrons. The molecule has 0 spiro atoms. The van der Waals surface area contributed by atoms with Crippen molar-refractivity contribution in [1.29, 1.82) is 0 Å². The zero-order chi connectivity index (χ0) is 34.5. The number of H-pyrrole nitrogens is 2. The molecule has 8 nitrogen and oxygen atoms in total. The van der Waals surface area contributed by atoms with Crippen molar-refractivity contribution in [3.63, 3.8) is 0 Å². The number of rotatable bonds is 2. The maximum Gasteiger partial charge on any atom is 0.117 e. The normalized spacial score (nSPS) is 20.8. The Bertz CT molecular complexity index is 2020. The molecule has 4 aliphatic rings. The first kappa shape index (κ1) is 41.1. The van der Waals surface area contributed by atoms with Crippen LogP contribution in [-0.4, -0.2) is 54.7 Å². The van der Waals surface area contributed by atoms with Crippen LogP contribution in [0.3, 0.4) is 0 Å². The number of phenols is 3. The topological polar surface area (TPSA) is 137 Å². The molecule has 53 heavy (non-hydrogen) atoms. The van der Waals surface area contributed by atoms with Gasteiger partial charge in [0.15, 0.2) is 0 Å².